The standard InChI is InChI=1S/C32H29NO4/c1-2-23-31(30(36)37,24-15-7-3-8-16-24)28(29(34)35)33-32(25-17-9-4-10-18-25,26-19-11-5-12-20-26)27-21-13-6-14-22-27/h2-22,28,33H,1,23H2,(H,34,35)(H,36,37). The molecule has 0 heterocycles. The first kappa shape index (κ1) is 25.6. The number of aliphatic carboxylic acids is 2. The van der Waals surface area contributed by atoms with E-state index in [9.17, 15) is 19.8 Å². The van der Waals surface area contributed by atoms with Gasteiger partial charge in [0.2, 0.25) is 0 Å². The predicted octanol–water partition coefficient (Wildman–Crippen LogP) is 5.62. The van der Waals surface area contributed by atoms with Crippen molar-refractivity contribution in [2.45, 2.75) is 23.4 Å². The van der Waals surface area contributed by atoms with Crippen molar-refractivity contribution < 1.29 is 19.8 Å². The van der Waals surface area contributed by atoms with Gasteiger partial charge in [-0.1, -0.05) is 127 Å². The second kappa shape index (κ2) is 11.1. The molecule has 0 amide bonds. The van der Waals surface area contributed by atoms with Crippen molar-refractivity contribution in [3.05, 3.63) is 156 Å². The molecule has 0 saturated heterocycles. The summed E-state index contributed by atoms with van der Waals surface area (Å²) in [6, 6.07) is 35.5. The molecule has 2 atom stereocenters. The predicted molar refractivity (Wildman–Crippen MR) is 144 cm³/mol. The van der Waals surface area contributed by atoms with Gasteiger partial charge in [0, 0.05) is 0 Å². The van der Waals surface area contributed by atoms with E-state index in [0.717, 1.165) is 16.7 Å². The molecule has 0 aliphatic heterocycles. The van der Waals surface area contributed by atoms with Crippen LogP contribution in [0.1, 0.15) is 28.7 Å². The lowest BCUT2D eigenvalue weighted by atomic mass is 9.68. The second-order valence-electron chi connectivity index (χ2n) is 8.90. The molecule has 4 aromatic carbocycles. The Morgan fingerprint density at radius 3 is 1.32 bits per heavy atom. The Hall–Kier alpha value is -4.48. The van der Waals surface area contributed by atoms with E-state index in [1.807, 2.05) is 91.0 Å². The van der Waals surface area contributed by atoms with Crippen molar-refractivity contribution in [1.82, 2.24) is 5.32 Å². The average molecular weight is 492 g/mol. The number of allylic oxidation sites excluding steroid dienone is 1. The van der Waals surface area contributed by atoms with E-state index in [4.69, 9.17) is 0 Å². The SMILES string of the molecule is C=CCC(C(=O)O)(c1ccccc1)C(NC(c1ccccc1)(c1ccccc1)c1ccccc1)C(=O)O. The third-order valence-corrected chi connectivity index (χ3v) is 6.86. The highest BCUT2D eigenvalue weighted by Gasteiger charge is 2.54. The number of benzene rings is 4. The van der Waals surface area contributed by atoms with Gasteiger partial charge in [-0.25, -0.2) is 0 Å². The van der Waals surface area contributed by atoms with Gasteiger partial charge in [0.15, 0.2) is 0 Å². The summed E-state index contributed by atoms with van der Waals surface area (Å²) >= 11 is 0. The maximum Gasteiger partial charge on any atom is 0.322 e. The average Bonchev–Trinajstić information content (AvgIpc) is 2.94. The molecule has 5 heteroatoms. The largest absolute Gasteiger partial charge is 0.481 e. The highest BCUT2D eigenvalue weighted by atomic mass is 16.4. The van der Waals surface area contributed by atoms with E-state index < -0.39 is 28.9 Å². The normalized spacial score (nSPS) is 13.7. The highest BCUT2D eigenvalue weighted by Crippen LogP contribution is 2.41. The van der Waals surface area contributed by atoms with Crippen molar-refractivity contribution in [3.63, 3.8) is 0 Å². The molecular formula is C32H29NO4. The van der Waals surface area contributed by atoms with Crippen LogP contribution in [0.4, 0.5) is 0 Å². The van der Waals surface area contributed by atoms with E-state index in [1.165, 1.54) is 6.08 Å². The van der Waals surface area contributed by atoms with Gasteiger partial charge in [-0.3, -0.25) is 14.9 Å². The van der Waals surface area contributed by atoms with Gasteiger partial charge in [-0.15, -0.1) is 6.58 Å². The zero-order valence-electron chi connectivity index (χ0n) is 20.3. The fourth-order valence-corrected chi connectivity index (χ4v) is 5.13. The third kappa shape index (κ3) is 4.69. The number of hydrogen-bond donors (Lipinski definition) is 3. The van der Waals surface area contributed by atoms with Gasteiger partial charge < -0.3 is 10.2 Å². The van der Waals surface area contributed by atoms with Crippen LogP contribution in [0.5, 0.6) is 0 Å². The minimum Gasteiger partial charge on any atom is -0.481 e. The minimum absolute atomic E-state index is 0.0925. The smallest absolute Gasteiger partial charge is 0.322 e. The van der Waals surface area contributed by atoms with Gasteiger partial charge in [-0.05, 0) is 28.7 Å². The molecule has 0 radical (unpaired) electrons. The van der Waals surface area contributed by atoms with Gasteiger partial charge in [0.05, 0.1) is 5.54 Å². The van der Waals surface area contributed by atoms with Crippen molar-refractivity contribution in [3.8, 4) is 0 Å². The van der Waals surface area contributed by atoms with Crippen LogP contribution in [0.3, 0.4) is 0 Å². The third-order valence-electron chi connectivity index (χ3n) is 6.86. The monoisotopic (exact) mass is 491 g/mol. The summed E-state index contributed by atoms with van der Waals surface area (Å²) in [6.07, 6.45) is 1.37. The van der Waals surface area contributed by atoms with Crippen LogP contribution in [0.25, 0.3) is 0 Å². The lowest BCUT2D eigenvalue weighted by molar-refractivity contribution is -0.154. The molecule has 0 bridgehead atoms. The molecule has 37 heavy (non-hydrogen) atoms. The number of carbonyl (C=O) groups is 2. The van der Waals surface area contributed by atoms with Gasteiger partial charge in [0.25, 0.3) is 0 Å². The van der Waals surface area contributed by atoms with Crippen LogP contribution in [-0.4, -0.2) is 28.2 Å². The lowest BCUT2D eigenvalue weighted by Gasteiger charge is -2.44. The molecule has 3 N–H and O–H groups in total. The van der Waals surface area contributed by atoms with Crippen LogP contribution >= 0.6 is 0 Å². The summed E-state index contributed by atoms with van der Waals surface area (Å²) in [6.45, 7) is 3.78. The molecule has 0 aliphatic rings. The van der Waals surface area contributed by atoms with E-state index in [2.05, 4.69) is 11.9 Å². The van der Waals surface area contributed by atoms with Crippen LogP contribution < -0.4 is 5.32 Å². The molecule has 4 rings (SSSR count). The van der Waals surface area contributed by atoms with Crippen LogP contribution in [-0.2, 0) is 20.5 Å². The number of carboxylic acid groups (broad SMARTS) is 2. The number of rotatable bonds is 11. The summed E-state index contributed by atoms with van der Waals surface area (Å²) < 4.78 is 0. The molecule has 0 saturated carbocycles. The quantitative estimate of drug-likeness (QED) is 0.187. The lowest BCUT2D eigenvalue weighted by Crippen LogP contribution is -2.63. The Morgan fingerprint density at radius 2 is 1.03 bits per heavy atom. The zero-order chi connectivity index (χ0) is 26.3. The van der Waals surface area contributed by atoms with Crippen molar-refractivity contribution >= 4 is 11.9 Å². The number of hydrogen-bond acceptors (Lipinski definition) is 3. The first-order valence-corrected chi connectivity index (χ1v) is 12.0. The topological polar surface area (TPSA) is 86.6 Å². The molecule has 2 unspecified atom stereocenters. The summed E-state index contributed by atoms with van der Waals surface area (Å²) in [5.41, 5.74) is -0.286. The van der Waals surface area contributed by atoms with Gasteiger partial charge in [0.1, 0.15) is 11.5 Å². The minimum atomic E-state index is -1.83. The summed E-state index contributed by atoms with van der Waals surface area (Å²) in [7, 11) is 0. The number of carboxylic acids is 2. The molecule has 5 nitrogen and oxygen atoms in total. The van der Waals surface area contributed by atoms with Crippen LogP contribution in [0.2, 0.25) is 0 Å². The Labute approximate surface area is 216 Å². The van der Waals surface area contributed by atoms with E-state index in [0.29, 0.717) is 5.56 Å². The zero-order valence-corrected chi connectivity index (χ0v) is 20.3. The van der Waals surface area contributed by atoms with Crippen molar-refractivity contribution in [2.75, 3.05) is 0 Å². The van der Waals surface area contributed by atoms with Crippen LogP contribution in [0, 0.1) is 0 Å². The van der Waals surface area contributed by atoms with Gasteiger partial charge in [-0.2, -0.15) is 0 Å². The Balaban J connectivity index is 2.07. The summed E-state index contributed by atoms with van der Waals surface area (Å²) in [5.74, 6) is -2.53. The van der Waals surface area contributed by atoms with E-state index >= 15 is 0 Å². The molecule has 0 aliphatic carbocycles. The Morgan fingerprint density at radius 1 is 0.676 bits per heavy atom. The highest BCUT2D eigenvalue weighted by molar-refractivity contribution is 5.91. The molecular weight excluding hydrogens is 462 g/mol. The Bertz CT molecular complexity index is 1240. The second-order valence-corrected chi connectivity index (χ2v) is 8.90. The summed E-state index contributed by atoms with van der Waals surface area (Å²) in [4.78, 5) is 26.2. The fourth-order valence-electron chi connectivity index (χ4n) is 5.13. The molecule has 0 fully saturated rings. The Kier molecular flexibility index (Phi) is 7.66. The number of nitrogens with one attached hydrogen (secondary N) is 1. The maximum atomic E-state index is 13.1. The van der Waals surface area contributed by atoms with E-state index in [1.54, 1.807) is 30.3 Å². The van der Waals surface area contributed by atoms with Crippen LogP contribution in [0.15, 0.2) is 134 Å². The molecule has 4 aromatic rings. The first-order valence-electron chi connectivity index (χ1n) is 12.0. The van der Waals surface area contributed by atoms with Gasteiger partial charge >= 0.3 is 11.9 Å². The maximum absolute atomic E-state index is 13.1. The fraction of sp³-hybridized carbons (Fsp3) is 0.125. The van der Waals surface area contributed by atoms with E-state index in [-0.39, 0.29) is 6.42 Å². The molecule has 186 valence electrons. The van der Waals surface area contributed by atoms with Crippen molar-refractivity contribution in [2.24, 2.45) is 0 Å². The molecule has 0 spiro atoms. The summed E-state index contributed by atoms with van der Waals surface area (Å²) in [5, 5.41) is 24.8. The van der Waals surface area contributed by atoms with Crippen molar-refractivity contribution in [1.29, 1.82) is 0 Å². The first-order chi connectivity index (χ1) is 18.0. The molecule has 0 aromatic heterocycles.